The first-order valence-electron chi connectivity index (χ1n) is 5.45. The fourth-order valence-electron chi connectivity index (χ4n) is 1.85. The van der Waals surface area contributed by atoms with Crippen molar-refractivity contribution in [2.45, 2.75) is 13.0 Å². The Bertz CT molecular complexity index is 543. The molecule has 0 spiro atoms. The molecule has 0 radical (unpaired) electrons. The van der Waals surface area contributed by atoms with Crippen LogP contribution in [0, 0.1) is 18.6 Å². The Balaban J connectivity index is 2.56. The Labute approximate surface area is 104 Å². The number of benzene rings is 1. The highest BCUT2D eigenvalue weighted by Gasteiger charge is 2.22. The van der Waals surface area contributed by atoms with E-state index in [2.05, 4.69) is 10.4 Å². The fraction of sp³-hybridized carbons (Fsp3) is 0.154. The topological polar surface area (TPSA) is 50.9 Å². The second kappa shape index (κ2) is 5.20. The highest BCUT2D eigenvalue weighted by atomic mass is 19.1. The van der Waals surface area contributed by atoms with Crippen molar-refractivity contribution < 1.29 is 8.78 Å². The summed E-state index contributed by atoms with van der Waals surface area (Å²) in [7, 11) is 0. The Hall–Kier alpha value is -1.85. The maximum atomic E-state index is 14.0. The molecular formula is C13H13F2N3. The second-order valence-electron chi connectivity index (χ2n) is 3.97. The van der Waals surface area contributed by atoms with Crippen LogP contribution in [0.2, 0.25) is 0 Å². The summed E-state index contributed by atoms with van der Waals surface area (Å²) in [6.45, 7) is 1.58. The third-order valence-corrected chi connectivity index (χ3v) is 2.81. The highest BCUT2D eigenvalue weighted by molar-refractivity contribution is 5.35. The summed E-state index contributed by atoms with van der Waals surface area (Å²) in [5.74, 6) is 4.21. The molecule has 1 unspecified atom stereocenters. The highest BCUT2D eigenvalue weighted by Crippen LogP contribution is 2.27. The molecule has 18 heavy (non-hydrogen) atoms. The lowest BCUT2D eigenvalue weighted by atomic mass is 9.97. The van der Waals surface area contributed by atoms with Crippen molar-refractivity contribution in [1.29, 1.82) is 0 Å². The van der Waals surface area contributed by atoms with Crippen molar-refractivity contribution in [3.05, 3.63) is 65.0 Å². The second-order valence-corrected chi connectivity index (χ2v) is 3.97. The van der Waals surface area contributed by atoms with Gasteiger partial charge in [0.25, 0.3) is 0 Å². The fourth-order valence-corrected chi connectivity index (χ4v) is 1.85. The van der Waals surface area contributed by atoms with E-state index >= 15 is 0 Å². The number of nitrogens with two attached hydrogens (primary N) is 1. The zero-order valence-electron chi connectivity index (χ0n) is 9.82. The van der Waals surface area contributed by atoms with Gasteiger partial charge in [0.2, 0.25) is 0 Å². The molecule has 1 heterocycles. The van der Waals surface area contributed by atoms with Crippen LogP contribution >= 0.6 is 0 Å². The van der Waals surface area contributed by atoms with Crippen LogP contribution in [0.15, 0.2) is 36.7 Å². The smallest absolute Gasteiger partial charge is 0.134 e. The van der Waals surface area contributed by atoms with E-state index in [0.29, 0.717) is 11.1 Å². The Morgan fingerprint density at radius 1 is 1.17 bits per heavy atom. The Morgan fingerprint density at radius 3 is 2.44 bits per heavy atom. The minimum atomic E-state index is -0.743. The number of nitrogens with zero attached hydrogens (tertiary/aromatic N) is 1. The van der Waals surface area contributed by atoms with E-state index in [1.165, 1.54) is 12.1 Å². The Morgan fingerprint density at radius 2 is 1.83 bits per heavy atom. The van der Waals surface area contributed by atoms with Crippen LogP contribution < -0.4 is 11.3 Å². The number of aromatic nitrogens is 1. The zero-order valence-corrected chi connectivity index (χ0v) is 9.82. The number of hydrogen-bond donors (Lipinski definition) is 2. The molecule has 0 amide bonds. The minimum Gasteiger partial charge on any atom is -0.271 e. The maximum Gasteiger partial charge on any atom is 0.134 e. The summed E-state index contributed by atoms with van der Waals surface area (Å²) in [6, 6.07) is 5.21. The van der Waals surface area contributed by atoms with E-state index in [1.807, 2.05) is 0 Å². The summed E-state index contributed by atoms with van der Waals surface area (Å²) < 4.78 is 27.8. The molecule has 1 aromatic heterocycles. The van der Waals surface area contributed by atoms with Crippen LogP contribution in [0.4, 0.5) is 8.78 Å². The molecule has 5 heteroatoms. The first kappa shape index (κ1) is 12.6. The predicted octanol–water partition coefficient (Wildman–Crippen LogP) is 2.22. The summed E-state index contributed by atoms with van der Waals surface area (Å²) >= 11 is 0. The predicted molar refractivity (Wildman–Crippen MR) is 64.5 cm³/mol. The van der Waals surface area contributed by atoms with Gasteiger partial charge >= 0.3 is 0 Å². The van der Waals surface area contributed by atoms with Crippen LogP contribution in [-0.2, 0) is 0 Å². The Kier molecular flexibility index (Phi) is 3.64. The van der Waals surface area contributed by atoms with Gasteiger partial charge in [-0.2, -0.15) is 0 Å². The molecule has 0 bridgehead atoms. The van der Waals surface area contributed by atoms with Crippen molar-refractivity contribution in [2.75, 3.05) is 0 Å². The zero-order chi connectivity index (χ0) is 13.1. The molecule has 0 saturated heterocycles. The number of halogens is 2. The monoisotopic (exact) mass is 249 g/mol. The van der Waals surface area contributed by atoms with Crippen molar-refractivity contribution in [1.82, 2.24) is 10.4 Å². The first-order valence-corrected chi connectivity index (χ1v) is 5.45. The van der Waals surface area contributed by atoms with Gasteiger partial charge in [0.15, 0.2) is 0 Å². The van der Waals surface area contributed by atoms with Crippen molar-refractivity contribution in [3.63, 3.8) is 0 Å². The van der Waals surface area contributed by atoms with Gasteiger partial charge in [-0.1, -0.05) is 6.07 Å². The third kappa shape index (κ3) is 2.23. The number of hydrazine groups is 1. The van der Waals surface area contributed by atoms with Gasteiger partial charge < -0.3 is 0 Å². The standard InChI is InChI=1S/C13H13F2N3/c1-8-2-3-10(14)11(12(8)15)13(18-16)9-4-6-17-7-5-9/h2-7,13,18H,16H2,1H3. The van der Waals surface area contributed by atoms with E-state index in [4.69, 9.17) is 5.84 Å². The van der Waals surface area contributed by atoms with Gasteiger partial charge in [0.05, 0.1) is 6.04 Å². The average molecular weight is 249 g/mol. The molecule has 2 rings (SSSR count). The maximum absolute atomic E-state index is 14.0. The van der Waals surface area contributed by atoms with Crippen LogP contribution in [0.25, 0.3) is 0 Å². The van der Waals surface area contributed by atoms with Gasteiger partial charge in [-0.15, -0.1) is 0 Å². The van der Waals surface area contributed by atoms with Gasteiger partial charge in [0, 0.05) is 18.0 Å². The molecule has 0 aliphatic heterocycles. The van der Waals surface area contributed by atoms with E-state index in [0.717, 1.165) is 0 Å². The molecular weight excluding hydrogens is 236 g/mol. The number of rotatable bonds is 3. The molecule has 94 valence electrons. The van der Waals surface area contributed by atoms with E-state index in [-0.39, 0.29) is 5.56 Å². The molecule has 0 aliphatic rings. The van der Waals surface area contributed by atoms with Crippen LogP contribution in [0.1, 0.15) is 22.7 Å². The van der Waals surface area contributed by atoms with E-state index < -0.39 is 17.7 Å². The first-order chi connectivity index (χ1) is 8.65. The third-order valence-electron chi connectivity index (χ3n) is 2.81. The summed E-state index contributed by atoms with van der Waals surface area (Å²) in [5, 5.41) is 0. The van der Waals surface area contributed by atoms with Gasteiger partial charge in [-0.3, -0.25) is 10.8 Å². The lowest BCUT2D eigenvalue weighted by molar-refractivity contribution is 0.506. The van der Waals surface area contributed by atoms with Crippen LogP contribution in [-0.4, -0.2) is 4.98 Å². The summed E-state index contributed by atoms with van der Waals surface area (Å²) in [5.41, 5.74) is 3.38. The molecule has 2 aromatic rings. The van der Waals surface area contributed by atoms with E-state index in [1.54, 1.807) is 31.5 Å². The van der Waals surface area contributed by atoms with Crippen LogP contribution in [0.5, 0.6) is 0 Å². The number of aryl methyl sites for hydroxylation is 1. The SMILES string of the molecule is Cc1ccc(F)c(C(NN)c2ccncc2)c1F. The van der Waals surface area contributed by atoms with E-state index in [9.17, 15) is 8.78 Å². The van der Waals surface area contributed by atoms with Gasteiger partial charge in [-0.25, -0.2) is 14.2 Å². The largest absolute Gasteiger partial charge is 0.271 e. The van der Waals surface area contributed by atoms with Crippen molar-refractivity contribution >= 4 is 0 Å². The molecule has 0 fully saturated rings. The molecule has 1 atom stereocenters. The van der Waals surface area contributed by atoms with Crippen molar-refractivity contribution in [2.24, 2.45) is 5.84 Å². The molecule has 3 nitrogen and oxygen atoms in total. The molecule has 3 N–H and O–H groups in total. The van der Waals surface area contributed by atoms with Gasteiger partial charge in [-0.05, 0) is 36.2 Å². The number of pyridine rings is 1. The number of nitrogens with one attached hydrogen (secondary N) is 1. The van der Waals surface area contributed by atoms with Crippen LogP contribution in [0.3, 0.4) is 0 Å². The average Bonchev–Trinajstić information content (AvgIpc) is 2.40. The number of hydrogen-bond acceptors (Lipinski definition) is 3. The van der Waals surface area contributed by atoms with Crippen molar-refractivity contribution in [3.8, 4) is 0 Å². The lowest BCUT2D eigenvalue weighted by Gasteiger charge is -2.18. The quantitative estimate of drug-likeness (QED) is 0.647. The molecule has 0 saturated carbocycles. The molecule has 0 aliphatic carbocycles. The van der Waals surface area contributed by atoms with Gasteiger partial charge in [0.1, 0.15) is 11.6 Å². The normalized spacial score (nSPS) is 12.4. The molecule has 1 aromatic carbocycles. The summed E-state index contributed by atoms with van der Waals surface area (Å²) in [4.78, 5) is 3.86. The lowest BCUT2D eigenvalue weighted by Crippen LogP contribution is -2.30. The summed E-state index contributed by atoms with van der Waals surface area (Å²) in [6.07, 6.45) is 3.09. The minimum absolute atomic E-state index is 0.0799.